The van der Waals surface area contributed by atoms with E-state index in [2.05, 4.69) is 6.07 Å². The highest BCUT2D eigenvalue weighted by Crippen LogP contribution is 2.23. The van der Waals surface area contributed by atoms with Gasteiger partial charge in [0.15, 0.2) is 0 Å². The minimum Gasteiger partial charge on any atom is -0.381 e. The van der Waals surface area contributed by atoms with Gasteiger partial charge in [0, 0.05) is 23.8 Å². The van der Waals surface area contributed by atoms with Crippen LogP contribution in [-0.2, 0) is 11.2 Å². The highest BCUT2D eigenvalue weighted by atomic mass is 35.5. The van der Waals surface area contributed by atoms with Crippen molar-refractivity contribution < 1.29 is 4.74 Å². The number of rotatable bonds is 2. The second-order valence-corrected chi connectivity index (χ2v) is 4.72. The third-order valence-corrected chi connectivity index (χ3v) is 3.17. The standard InChI is InChI=1S/C12H16ClNO.ClH/c13-11-3-1-2-10(8-11)9-12(14)4-6-15-7-5-12;/h1-3,8H,4-7,9,14H2;1H. The monoisotopic (exact) mass is 261 g/mol. The molecule has 2 N–H and O–H groups in total. The van der Waals surface area contributed by atoms with E-state index in [4.69, 9.17) is 22.1 Å². The van der Waals surface area contributed by atoms with Gasteiger partial charge in [-0.3, -0.25) is 0 Å². The Labute approximate surface area is 108 Å². The lowest BCUT2D eigenvalue weighted by Gasteiger charge is -2.33. The third-order valence-electron chi connectivity index (χ3n) is 2.93. The summed E-state index contributed by atoms with van der Waals surface area (Å²) in [7, 11) is 0. The molecule has 1 saturated heterocycles. The fraction of sp³-hybridized carbons (Fsp3) is 0.500. The molecule has 0 unspecified atom stereocenters. The number of halogens is 2. The lowest BCUT2D eigenvalue weighted by atomic mass is 9.85. The van der Waals surface area contributed by atoms with Gasteiger partial charge in [-0.2, -0.15) is 0 Å². The second kappa shape index (κ2) is 5.87. The molecule has 1 aliphatic rings. The van der Waals surface area contributed by atoms with Crippen molar-refractivity contribution in [3.05, 3.63) is 34.9 Å². The largest absolute Gasteiger partial charge is 0.381 e. The number of nitrogens with two attached hydrogens (primary N) is 1. The van der Waals surface area contributed by atoms with Gasteiger partial charge in [0.2, 0.25) is 0 Å². The molecule has 0 amide bonds. The number of benzene rings is 1. The minimum absolute atomic E-state index is 0. The van der Waals surface area contributed by atoms with Gasteiger partial charge in [0.25, 0.3) is 0 Å². The van der Waals surface area contributed by atoms with Crippen LogP contribution in [0.5, 0.6) is 0 Å². The van der Waals surface area contributed by atoms with E-state index in [-0.39, 0.29) is 17.9 Å². The Morgan fingerprint density at radius 2 is 2.00 bits per heavy atom. The first-order valence-electron chi connectivity index (χ1n) is 5.29. The van der Waals surface area contributed by atoms with Crippen LogP contribution < -0.4 is 5.73 Å². The fourth-order valence-electron chi connectivity index (χ4n) is 2.01. The highest BCUT2D eigenvalue weighted by Gasteiger charge is 2.27. The van der Waals surface area contributed by atoms with Crippen LogP contribution in [0.25, 0.3) is 0 Å². The molecule has 0 radical (unpaired) electrons. The smallest absolute Gasteiger partial charge is 0.0483 e. The molecule has 0 bridgehead atoms. The second-order valence-electron chi connectivity index (χ2n) is 4.28. The molecule has 1 aromatic carbocycles. The number of hydrogen-bond donors (Lipinski definition) is 1. The van der Waals surface area contributed by atoms with Gasteiger partial charge in [-0.25, -0.2) is 0 Å². The first-order valence-corrected chi connectivity index (χ1v) is 5.67. The van der Waals surface area contributed by atoms with Gasteiger partial charge in [-0.05, 0) is 37.0 Å². The zero-order valence-electron chi connectivity index (χ0n) is 9.12. The molecule has 4 heteroatoms. The molecule has 1 heterocycles. The number of ether oxygens (including phenoxy) is 1. The Hall–Kier alpha value is -0.280. The van der Waals surface area contributed by atoms with Crippen molar-refractivity contribution in [1.29, 1.82) is 0 Å². The van der Waals surface area contributed by atoms with Crippen molar-refractivity contribution in [2.24, 2.45) is 5.73 Å². The van der Waals surface area contributed by atoms with Crippen molar-refractivity contribution in [2.75, 3.05) is 13.2 Å². The zero-order valence-corrected chi connectivity index (χ0v) is 10.7. The van der Waals surface area contributed by atoms with E-state index in [1.807, 2.05) is 18.2 Å². The van der Waals surface area contributed by atoms with E-state index in [0.29, 0.717) is 0 Å². The first-order chi connectivity index (χ1) is 7.18. The molecule has 0 aliphatic carbocycles. The van der Waals surface area contributed by atoms with E-state index >= 15 is 0 Å². The molecule has 16 heavy (non-hydrogen) atoms. The average molecular weight is 262 g/mol. The van der Waals surface area contributed by atoms with E-state index in [1.165, 1.54) is 5.56 Å². The molecule has 0 saturated carbocycles. The van der Waals surface area contributed by atoms with Crippen LogP contribution in [0, 0.1) is 0 Å². The van der Waals surface area contributed by atoms with Crippen LogP contribution in [0.3, 0.4) is 0 Å². The molecule has 90 valence electrons. The van der Waals surface area contributed by atoms with Gasteiger partial charge in [0.1, 0.15) is 0 Å². The summed E-state index contributed by atoms with van der Waals surface area (Å²) in [4.78, 5) is 0. The van der Waals surface area contributed by atoms with Crippen LogP contribution >= 0.6 is 24.0 Å². The van der Waals surface area contributed by atoms with Gasteiger partial charge < -0.3 is 10.5 Å². The number of hydrogen-bond acceptors (Lipinski definition) is 2. The fourth-order valence-corrected chi connectivity index (χ4v) is 2.22. The Bertz CT molecular complexity index is 338. The Balaban J connectivity index is 0.00000128. The van der Waals surface area contributed by atoms with Crippen molar-refractivity contribution in [2.45, 2.75) is 24.8 Å². The predicted octanol–water partition coefficient (Wildman–Crippen LogP) is 2.81. The average Bonchev–Trinajstić information content (AvgIpc) is 2.18. The molecular weight excluding hydrogens is 245 g/mol. The summed E-state index contributed by atoms with van der Waals surface area (Å²) < 4.78 is 5.32. The van der Waals surface area contributed by atoms with Crippen molar-refractivity contribution >= 4 is 24.0 Å². The Morgan fingerprint density at radius 3 is 2.62 bits per heavy atom. The molecule has 0 spiro atoms. The Morgan fingerprint density at radius 1 is 1.31 bits per heavy atom. The van der Waals surface area contributed by atoms with E-state index < -0.39 is 0 Å². The molecule has 0 aromatic heterocycles. The maximum atomic E-state index is 6.32. The molecule has 1 aromatic rings. The van der Waals surface area contributed by atoms with E-state index in [0.717, 1.165) is 37.5 Å². The minimum atomic E-state index is -0.108. The van der Waals surface area contributed by atoms with Crippen molar-refractivity contribution in [3.63, 3.8) is 0 Å². The summed E-state index contributed by atoms with van der Waals surface area (Å²) in [6, 6.07) is 7.93. The third kappa shape index (κ3) is 3.63. The molecule has 1 fully saturated rings. The highest BCUT2D eigenvalue weighted by molar-refractivity contribution is 6.30. The lowest BCUT2D eigenvalue weighted by molar-refractivity contribution is 0.0533. The summed E-state index contributed by atoms with van der Waals surface area (Å²) in [6.45, 7) is 1.55. The molecule has 2 nitrogen and oxygen atoms in total. The topological polar surface area (TPSA) is 35.2 Å². The van der Waals surface area contributed by atoms with Crippen LogP contribution in [0.2, 0.25) is 5.02 Å². The summed E-state index contributed by atoms with van der Waals surface area (Å²) in [6.07, 6.45) is 2.75. The Kier molecular flexibility index (Phi) is 5.06. The van der Waals surface area contributed by atoms with Crippen molar-refractivity contribution in [3.8, 4) is 0 Å². The van der Waals surface area contributed by atoms with E-state index in [9.17, 15) is 0 Å². The van der Waals surface area contributed by atoms with Crippen LogP contribution in [0.4, 0.5) is 0 Å². The maximum Gasteiger partial charge on any atom is 0.0483 e. The molecule has 0 atom stereocenters. The van der Waals surface area contributed by atoms with Gasteiger partial charge in [-0.1, -0.05) is 23.7 Å². The van der Waals surface area contributed by atoms with Gasteiger partial charge in [-0.15, -0.1) is 12.4 Å². The molecular formula is C12H17Cl2NO. The quantitative estimate of drug-likeness (QED) is 0.889. The van der Waals surface area contributed by atoms with E-state index in [1.54, 1.807) is 0 Å². The van der Waals surface area contributed by atoms with Gasteiger partial charge >= 0.3 is 0 Å². The zero-order chi connectivity index (χ0) is 10.7. The predicted molar refractivity (Wildman–Crippen MR) is 69.4 cm³/mol. The lowest BCUT2D eigenvalue weighted by Crippen LogP contribution is -2.46. The summed E-state index contributed by atoms with van der Waals surface area (Å²) in [5.41, 5.74) is 7.42. The normalized spacial score (nSPS) is 18.9. The van der Waals surface area contributed by atoms with Crippen LogP contribution in [0.1, 0.15) is 18.4 Å². The maximum absolute atomic E-state index is 6.32. The first kappa shape index (κ1) is 13.8. The van der Waals surface area contributed by atoms with Crippen LogP contribution in [-0.4, -0.2) is 18.8 Å². The SMILES string of the molecule is Cl.NC1(Cc2cccc(Cl)c2)CCOCC1. The van der Waals surface area contributed by atoms with Crippen LogP contribution in [0.15, 0.2) is 24.3 Å². The van der Waals surface area contributed by atoms with Crippen molar-refractivity contribution in [1.82, 2.24) is 0 Å². The van der Waals surface area contributed by atoms with Gasteiger partial charge in [0.05, 0.1) is 0 Å². The summed E-state index contributed by atoms with van der Waals surface area (Å²) in [5, 5.41) is 0.781. The summed E-state index contributed by atoms with van der Waals surface area (Å²) in [5.74, 6) is 0. The molecule has 1 aliphatic heterocycles. The summed E-state index contributed by atoms with van der Waals surface area (Å²) >= 11 is 5.94. The molecule has 2 rings (SSSR count).